The van der Waals surface area contributed by atoms with E-state index in [9.17, 15) is 24.0 Å². The van der Waals surface area contributed by atoms with Crippen molar-refractivity contribution in [3.8, 4) is 5.75 Å². The number of unbranched alkanes of at least 4 members (excludes halogenated alkanes) is 4. The van der Waals surface area contributed by atoms with E-state index in [4.69, 9.17) is 21.3 Å². The molecule has 3 N–H and O–H groups in total. The van der Waals surface area contributed by atoms with Crippen molar-refractivity contribution in [2.24, 2.45) is 5.41 Å². The number of hydrogen-bond acceptors (Lipinski definition) is 13. The van der Waals surface area contributed by atoms with Crippen LogP contribution in [0.1, 0.15) is 102 Å². The quantitative estimate of drug-likeness (QED) is 0.0933. The maximum absolute atomic E-state index is 13.6. The van der Waals surface area contributed by atoms with Crippen LogP contribution in [0.5, 0.6) is 5.75 Å². The number of para-hydroxylation sites is 1. The van der Waals surface area contributed by atoms with Crippen molar-refractivity contribution in [3.63, 3.8) is 0 Å². The van der Waals surface area contributed by atoms with Crippen LogP contribution in [0.2, 0.25) is 5.02 Å². The Morgan fingerprint density at radius 2 is 1.57 bits per heavy atom. The zero-order valence-electron chi connectivity index (χ0n) is 39.3. The van der Waals surface area contributed by atoms with Gasteiger partial charge in [0.25, 0.3) is 11.8 Å². The number of rotatable bonds is 16. The molecule has 2 aromatic carbocycles. The summed E-state index contributed by atoms with van der Waals surface area (Å²) in [6.45, 7) is 11.6. The summed E-state index contributed by atoms with van der Waals surface area (Å²) in [4.78, 5) is 88.5. The van der Waals surface area contributed by atoms with Crippen molar-refractivity contribution in [1.29, 1.82) is 0 Å². The molecule has 1 spiro atoms. The molecule has 362 valence electrons. The van der Waals surface area contributed by atoms with Gasteiger partial charge in [-0.1, -0.05) is 54.3 Å². The van der Waals surface area contributed by atoms with E-state index in [2.05, 4.69) is 40.6 Å². The number of aryl methyl sites for hydroxylation is 2. The molecular weight excluding hydrogens is 906 g/mol. The summed E-state index contributed by atoms with van der Waals surface area (Å²) in [6.07, 6.45) is 11.5. The van der Waals surface area contributed by atoms with Crippen LogP contribution in [-0.4, -0.2) is 132 Å². The van der Waals surface area contributed by atoms with Crippen LogP contribution in [0.25, 0.3) is 0 Å². The fourth-order valence-electron chi connectivity index (χ4n) is 9.72. The van der Waals surface area contributed by atoms with Gasteiger partial charge in [-0.15, -0.1) is 0 Å². The molecule has 0 atom stereocenters. The molecule has 0 radical (unpaired) electrons. The first kappa shape index (κ1) is 48.6. The lowest BCUT2D eigenvalue weighted by atomic mass is 9.71. The summed E-state index contributed by atoms with van der Waals surface area (Å²) in [6, 6.07) is 12.0. The van der Waals surface area contributed by atoms with Crippen LogP contribution >= 0.6 is 22.9 Å². The molecular formula is C49H62ClN11O6S. The monoisotopic (exact) mass is 967 g/mol. The third-order valence-corrected chi connectivity index (χ3v) is 15.1. The standard InChI is InChI=1S/C49H62ClN11O6S/c1-33-10-9-11-36(50)44(33)56-45(64)39-32-51-47(68-39)54-40-31-41(53-34(2)52-40)58-28-26-57(27-29-58)20-8-6-4-5-7-12-43(63)59-22-16-49(17-23-59)18-24-60(25-19-49)46(65)35-13-14-38(67-3)37(30-35)61-21-15-42(62)55-48(61)66/h9-11,13-14,30-32H,4-8,12,15-29H2,1-3H3,(H,56,64)(H,55,62,66)(H,51,52,53,54). The van der Waals surface area contributed by atoms with Crippen molar-refractivity contribution in [2.75, 3.05) is 93.0 Å². The van der Waals surface area contributed by atoms with Gasteiger partial charge < -0.3 is 30.1 Å². The molecule has 6 heterocycles. The van der Waals surface area contributed by atoms with Gasteiger partial charge in [0.1, 0.15) is 28.1 Å². The van der Waals surface area contributed by atoms with Crippen LogP contribution in [0.3, 0.4) is 0 Å². The molecule has 2 aromatic heterocycles. The van der Waals surface area contributed by atoms with E-state index >= 15 is 0 Å². The smallest absolute Gasteiger partial charge is 0.328 e. The number of benzene rings is 2. The molecule has 4 aliphatic heterocycles. The lowest BCUT2D eigenvalue weighted by molar-refractivity contribution is -0.134. The molecule has 4 saturated heterocycles. The van der Waals surface area contributed by atoms with Gasteiger partial charge in [0.15, 0.2) is 5.13 Å². The maximum atomic E-state index is 13.6. The molecule has 8 rings (SSSR count). The van der Waals surface area contributed by atoms with Gasteiger partial charge in [0.2, 0.25) is 11.8 Å². The van der Waals surface area contributed by atoms with E-state index in [1.54, 1.807) is 30.5 Å². The average Bonchev–Trinajstić information content (AvgIpc) is 3.81. The van der Waals surface area contributed by atoms with Crippen molar-refractivity contribution in [1.82, 2.24) is 35.0 Å². The van der Waals surface area contributed by atoms with Crippen LogP contribution in [-0.2, 0) is 9.59 Å². The molecule has 6 amide bonds. The van der Waals surface area contributed by atoms with E-state index in [-0.39, 0.29) is 42.0 Å². The third kappa shape index (κ3) is 11.9. The number of halogens is 1. The lowest BCUT2D eigenvalue weighted by Gasteiger charge is -2.47. The first-order chi connectivity index (χ1) is 32.9. The molecule has 19 heteroatoms. The Balaban J connectivity index is 0.688. The van der Waals surface area contributed by atoms with Crippen LogP contribution in [0.4, 0.5) is 32.9 Å². The molecule has 4 aromatic rings. The molecule has 4 aliphatic rings. The van der Waals surface area contributed by atoms with Gasteiger partial charge in [0.05, 0.1) is 29.7 Å². The number of nitrogens with one attached hydrogen (secondary N) is 3. The number of anilines is 5. The number of piperidine rings is 2. The predicted octanol–water partition coefficient (Wildman–Crippen LogP) is 7.66. The summed E-state index contributed by atoms with van der Waals surface area (Å²) >= 11 is 7.55. The highest BCUT2D eigenvalue weighted by Crippen LogP contribution is 2.42. The predicted molar refractivity (Wildman–Crippen MR) is 265 cm³/mol. The van der Waals surface area contributed by atoms with Crippen molar-refractivity contribution in [2.45, 2.75) is 84.5 Å². The van der Waals surface area contributed by atoms with E-state index < -0.39 is 6.03 Å². The summed E-state index contributed by atoms with van der Waals surface area (Å²) in [5, 5.41) is 9.55. The van der Waals surface area contributed by atoms with E-state index in [0.29, 0.717) is 68.9 Å². The van der Waals surface area contributed by atoms with Crippen LogP contribution in [0, 0.1) is 19.3 Å². The zero-order chi connectivity index (χ0) is 47.8. The van der Waals surface area contributed by atoms with E-state index in [1.807, 2.05) is 36.9 Å². The first-order valence-electron chi connectivity index (χ1n) is 23.9. The summed E-state index contributed by atoms with van der Waals surface area (Å²) < 4.78 is 5.48. The number of ether oxygens (including phenoxy) is 1. The number of thiazole rings is 1. The molecule has 0 saturated carbocycles. The lowest BCUT2D eigenvalue weighted by Crippen LogP contribution is -2.50. The van der Waals surface area contributed by atoms with Gasteiger partial charge >= 0.3 is 6.03 Å². The number of methoxy groups -OCH3 is 1. The number of piperazine rings is 1. The Labute approximate surface area is 407 Å². The van der Waals surface area contributed by atoms with Gasteiger partial charge in [-0.3, -0.25) is 34.3 Å². The largest absolute Gasteiger partial charge is 0.495 e. The maximum Gasteiger partial charge on any atom is 0.328 e. The third-order valence-electron chi connectivity index (χ3n) is 13.9. The number of imide groups is 1. The minimum absolute atomic E-state index is 0.0816. The highest BCUT2D eigenvalue weighted by molar-refractivity contribution is 7.17. The van der Waals surface area contributed by atoms with Gasteiger partial charge in [0, 0.05) is 83.4 Å². The summed E-state index contributed by atoms with van der Waals surface area (Å²) in [5.74, 6) is 2.20. The van der Waals surface area contributed by atoms with Gasteiger partial charge in [-0.2, -0.15) is 0 Å². The minimum atomic E-state index is -0.523. The number of amides is 6. The fraction of sp³-hybridized carbons (Fsp3) is 0.510. The Morgan fingerprint density at radius 1 is 0.853 bits per heavy atom. The number of hydrogen-bond donors (Lipinski definition) is 3. The number of urea groups is 1. The number of carbonyl (C=O) groups is 5. The number of likely N-dealkylation sites (tertiary alicyclic amines) is 2. The summed E-state index contributed by atoms with van der Waals surface area (Å²) in [7, 11) is 1.52. The fourth-order valence-corrected chi connectivity index (χ4v) is 10.7. The summed E-state index contributed by atoms with van der Waals surface area (Å²) in [5.41, 5.74) is 2.57. The Bertz CT molecular complexity index is 2460. The topological polar surface area (TPSA) is 186 Å². The molecule has 0 unspecified atom stereocenters. The molecule has 4 fully saturated rings. The number of carbonyl (C=O) groups excluding carboxylic acids is 5. The second kappa shape index (κ2) is 22.1. The Morgan fingerprint density at radius 3 is 2.29 bits per heavy atom. The van der Waals surface area contributed by atoms with E-state index in [0.717, 1.165) is 115 Å². The van der Waals surface area contributed by atoms with Crippen molar-refractivity contribution in [3.05, 3.63) is 75.5 Å². The normalized spacial score (nSPS) is 17.6. The molecule has 17 nitrogen and oxygen atoms in total. The van der Waals surface area contributed by atoms with E-state index in [1.165, 1.54) is 23.3 Å². The van der Waals surface area contributed by atoms with Crippen molar-refractivity contribution < 1.29 is 28.7 Å². The SMILES string of the molecule is COc1ccc(C(=O)N2CCC3(CCN(C(=O)CCCCCCCN4CCN(c5cc(Nc6ncc(C(=O)Nc7c(C)cccc7Cl)s6)nc(C)n5)CC4)CC3)CC2)cc1N1CCC(=O)NC1=O. The Kier molecular flexibility index (Phi) is 15.8. The minimum Gasteiger partial charge on any atom is -0.495 e. The first-order valence-corrected chi connectivity index (χ1v) is 25.1. The van der Waals surface area contributed by atoms with Crippen LogP contribution in [0.15, 0.2) is 48.7 Å². The van der Waals surface area contributed by atoms with Gasteiger partial charge in [-0.25, -0.2) is 19.7 Å². The second-order valence-electron chi connectivity index (χ2n) is 18.4. The molecule has 68 heavy (non-hydrogen) atoms. The number of aromatic nitrogens is 3. The highest BCUT2D eigenvalue weighted by atomic mass is 35.5. The number of nitrogens with zero attached hydrogens (tertiary/aromatic N) is 8. The van der Waals surface area contributed by atoms with Crippen molar-refractivity contribution >= 4 is 80.7 Å². The van der Waals surface area contributed by atoms with Crippen LogP contribution < -0.4 is 30.5 Å². The molecule has 0 aliphatic carbocycles. The second-order valence-corrected chi connectivity index (χ2v) is 19.8. The van der Waals surface area contributed by atoms with Gasteiger partial charge in [-0.05, 0) is 94.2 Å². The molecule has 0 bridgehead atoms. The zero-order valence-corrected chi connectivity index (χ0v) is 40.9. The highest BCUT2D eigenvalue weighted by Gasteiger charge is 2.40. The average molecular weight is 969 g/mol. The Hall–Kier alpha value is -5.85.